The largest absolute Gasteiger partial charge is 0.479 e. The van der Waals surface area contributed by atoms with E-state index in [9.17, 15) is 24.3 Å². The molecule has 112 valence electrons. The summed E-state index contributed by atoms with van der Waals surface area (Å²) in [7, 11) is -5.31. The highest BCUT2D eigenvalue weighted by Crippen LogP contribution is 2.56. The van der Waals surface area contributed by atoms with E-state index in [0.29, 0.717) is 12.2 Å². The number of nitrogens with zero attached hydrogens (tertiary/aromatic N) is 1. The van der Waals surface area contributed by atoms with Crippen LogP contribution in [0.2, 0.25) is 0 Å². The first-order valence-electron chi connectivity index (χ1n) is 5.78. The van der Waals surface area contributed by atoms with Crippen LogP contribution in [0.5, 0.6) is 0 Å². The van der Waals surface area contributed by atoms with Gasteiger partial charge in [-0.25, -0.2) is 4.79 Å². The minimum Gasteiger partial charge on any atom is -0.479 e. The van der Waals surface area contributed by atoms with E-state index < -0.39 is 24.8 Å². The molecule has 0 radical (unpaired) electrons. The average molecular weight is 321 g/mol. The molecule has 1 aromatic rings. The molecule has 2 atom stereocenters. The molecule has 0 aliphatic rings. The van der Waals surface area contributed by atoms with Crippen LogP contribution < -0.4 is 0 Å². The summed E-state index contributed by atoms with van der Waals surface area (Å²) in [4.78, 5) is 33.7. The lowest BCUT2D eigenvalue weighted by atomic mass is 9.92. The molecule has 0 spiro atoms. The Morgan fingerprint density at radius 2 is 2.10 bits per heavy atom. The third-order valence-corrected chi connectivity index (χ3v) is 4.65. The van der Waals surface area contributed by atoms with Crippen molar-refractivity contribution in [3.8, 4) is 0 Å². The van der Waals surface area contributed by atoms with Crippen LogP contribution in [0.3, 0.4) is 0 Å². The van der Waals surface area contributed by atoms with Crippen LogP contribution in [0.4, 0.5) is 0 Å². The van der Waals surface area contributed by atoms with Gasteiger partial charge < -0.3 is 20.0 Å². The monoisotopic (exact) mass is 321 g/mol. The lowest BCUT2D eigenvalue weighted by molar-refractivity contribution is -0.153. The molecule has 0 aliphatic carbocycles. The van der Waals surface area contributed by atoms with Crippen LogP contribution in [0.15, 0.2) is 24.4 Å². The van der Waals surface area contributed by atoms with Gasteiger partial charge in [-0.05, 0) is 30.7 Å². The Bertz CT molecular complexity index is 507. The number of hydrogen-bond donors (Lipinski definition) is 5. The highest BCUT2D eigenvalue weighted by Gasteiger charge is 2.59. The minimum absolute atomic E-state index is 0.0361. The fourth-order valence-corrected chi connectivity index (χ4v) is 3.01. The van der Waals surface area contributed by atoms with Crippen molar-refractivity contribution in [2.24, 2.45) is 0 Å². The number of rotatable bonds is 7. The van der Waals surface area contributed by atoms with Gasteiger partial charge in [-0.3, -0.25) is 9.55 Å². The zero-order valence-electron chi connectivity index (χ0n) is 10.5. The SMILES string of the molecule is O=C(O)C(O)(C(CCCS)c1ccccn1)P(=O)(O)O. The fraction of sp³-hybridized carbons (Fsp3) is 0.455. The highest BCUT2D eigenvalue weighted by molar-refractivity contribution is 7.80. The summed E-state index contributed by atoms with van der Waals surface area (Å²) in [5.41, 5.74) is 0.113. The Hall–Kier alpha value is -0.920. The summed E-state index contributed by atoms with van der Waals surface area (Å²) in [5.74, 6) is -2.91. The van der Waals surface area contributed by atoms with Crippen molar-refractivity contribution in [1.82, 2.24) is 4.98 Å². The molecule has 4 N–H and O–H groups in total. The van der Waals surface area contributed by atoms with E-state index in [1.807, 2.05) is 0 Å². The molecule has 2 unspecified atom stereocenters. The van der Waals surface area contributed by atoms with E-state index in [4.69, 9.17) is 5.11 Å². The van der Waals surface area contributed by atoms with Crippen molar-refractivity contribution >= 4 is 26.2 Å². The maximum absolute atomic E-state index is 11.5. The van der Waals surface area contributed by atoms with Gasteiger partial charge in [-0.2, -0.15) is 12.6 Å². The standard InChI is InChI=1S/C11H16NO6PS/c13-10(14)11(15,19(16,17)18)8(4-3-7-20)9-5-1-2-6-12-9/h1-2,5-6,8,15,20H,3-4,7H2,(H,13,14)(H2,16,17,18). The Kier molecular flexibility index (Phi) is 5.73. The molecular weight excluding hydrogens is 305 g/mol. The maximum Gasteiger partial charge on any atom is 0.369 e. The molecule has 9 heteroatoms. The molecular formula is C11H16NO6PS. The molecule has 0 fully saturated rings. The van der Waals surface area contributed by atoms with E-state index in [0.717, 1.165) is 0 Å². The van der Waals surface area contributed by atoms with Gasteiger partial charge in [-0.15, -0.1) is 0 Å². The molecule has 1 rings (SSSR count). The van der Waals surface area contributed by atoms with E-state index in [2.05, 4.69) is 17.6 Å². The summed E-state index contributed by atoms with van der Waals surface area (Å²) < 4.78 is 11.5. The van der Waals surface area contributed by atoms with Crippen molar-refractivity contribution in [3.05, 3.63) is 30.1 Å². The summed E-state index contributed by atoms with van der Waals surface area (Å²) in [6, 6.07) is 4.56. The van der Waals surface area contributed by atoms with Crippen molar-refractivity contribution in [2.45, 2.75) is 24.1 Å². The fourth-order valence-electron chi connectivity index (χ4n) is 1.91. The second kappa shape index (κ2) is 6.69. The number of aliphatic carboxylic acids is 1. The van der Waals surface area contributed by atoms with Crippen LogP contribution in [0.25, 0.3) is 0 Å². The molecule has 0 aromatic carbocycles. The number of hydrogen-bond acceptors (Lipinski definition) is 5. The quantitative estimate of drug-likeness (QED) is 0.371. The first-order valence-corrected chi connectivity index (χ1v) is 8.02. The molecule has 0 saturated carbocycles. The van der Waals surface area contributed by atoms with Crippen molar-refractivity contribution in [1.29, 1.82) is 0 Å². The highest BCUT2D eigenvalue weighted by atomic mass is 32.1. The maximum atomic E-state index is 11.5. The summed E-state index contributed by atoms with van der Waals surface area (Å²) in [5, 5.41) is 16.0. The van der Waals surface area contributed by atoms with Crippen LogP contribution in [0.1, 0.15) is 24.5 Å². The average Bonchev–Trinajstić information content (AvgIpc) is 2.38. The van der Waals surface area contributed by atoms with E-state index >= 15 is 0 Å². The van der Waals surface area contributed by atoms with Crippen LogP contribution in [-0.4, -0.2) is 42.0 Å². The van der Waals surface area contributed by atoms with Gasteiger partial charge >= 0.3 is 13.6 Å². The summed E-state index contributed by atoms with van der Waals surface area (Å²) in [6.45, 7) is 0. The molecule has 20 heavy (non-hydrogen) atoms. The van der Waals surface area contributed by atoms with Crippen LogP contribution in [-0.2, 0) is 9.36 Å². The van der Waals surface area contributed by atoms with Crippen molar-refractivity contribution in [3.63, 3.8) is 0 Å². The number of aromatic nitrogens is 1. The Balaban J connectivity index is 3.34. The second-order valence-corrected chi connectivity index (χ2v) is 6.47. The predicted molar refractivity (Wildman–Crippen MR) is 74.7 cm³/mol. The number of thiol groups is 1. The van der Waals surface area contributed by atoms with Gasteiger partial charge in [0.1, 0.15) is 0 Å². The molecule has 1 heterocycles. The van der Waals surface area contributed by atoms with Gasteiger partial charge in [0, 0.05) is 11.9 Å². The third-order valence-electron chi connectivity index (χ3n) is 2.94. The molecule has 7 nitrogen and oxygen atoms in total. The first kappa shape index (κ1) is 17.1. The Morgan fingerprint density at radius 3 is 2.50 bits per heavy atom. The number of carboxylic acids is 1. The Morgan fingerprint density at radius 1 is 1.45 bits per heavy atom. The van der Waals surface area contributed by atoms with Gasteiger partial charge in [0.2, 0.25) is 0 Å². The summed E-state index contributed by atoms with van der Waals surface area (Å²) >= 11 is 3.98. The lowest BCUT2D eigenvalue weighted by Crippen LogP contribution is -2.44. The third kappa shape index (κ3) is 3.39. The molecule has 0 amide bonds. The van der Waals surface area contributed by atoms with Gasteiger partial charge in [0.05, 0.1) is 5.92 Å². The van der Waals surface area contributed by atoms with Gasteiger partial charge in [-0.1, -0.05) is 6.07 Å². The minimum atomic E-state index is -5.31. The van der Waals surface area contributed by atoms with E-state index in [-0.39, 0.29) is 12.1 Å². The normalized spacial score (nSPS) is 16.4. The second-order valence-electron chi connectivity index (χ2n) is 4.25. The number of carbonyl (C=O) groups is 1. The number of carboxylic acid groups (broad SMARTS) is 1. The van der Waals surface area contributed by atoms with Gasteiger partial charge in [0.15, 0.2) is 0 Å². The molecule has 0 saturated heterocycles. The van der Waals surface area contributed by atoms with Crippen LogP contribution in [0, 0.1) is 0 Å². The zero-order valence-corrected chi connectivity index (χ0v) is 12.2. The summed E-state index contributed by atoms with van der Waals surface area (Å²) in [6.07, 6.45) is 1.78. The Labute approximate surface area is 121 Å². The van der Waals surface area contributed by atoms with Crippen LogP contribution >= 0.6 is 20.2 Å². The molecule has 0 bridgehead atoms. The first-order chi connectivity index (χ1) is 9.25. The molecule has 1 aromatic heterocycles. The number of aliphatic hydroxyl groups is 1. The van der Waals surface area contributed by atoms with Gasteiger partial charge in [0.25, 0.3) is 5.34 Å². The topological polar surface area (TPSA) is 128 Å². The lowest BCUT2D eigenvalue weighted by Gasteiger charge is -2.32. The smallest absolute Gasteiger partial charge is 0.369 e. The van der Waals surface area contributed by atoms with Crippen molar-refractivity contribution < 1.29 is 29.4 Å². The zero-order chi connectivity index (χ0) is 15.4. The van der Waals surface area contributed by atoms with E-state index in [1.165, 1.54) is 12.3 Å². The molecule has 0 aliphatic heterocycles. The number of pyridine rings is 1. The van der Waals surface area contributed by atoms with E-state index in [1.54, 1.807) is 12.1 Å². The van der Waals surface area contributed by atoms with Crippen molar-refractivity contribution in [2.75, 3.05) is 5.75 Å². The predicted octanol–water partition coefficient (Wildman–Crippen LogP) is 0.826.